The Morgan fingerprint density at radius 3 is 2.40 bits per heavy atom. The number of hydrogen-bond donors (Lipinski definition) is 0. The fourth-order valence-corrected chi connectivity index (χ4v) is 4.99. The van der Waals surface area contributed by atoms with Crippen LogP contribution in [0.4, 0.5) is 0 Å². The first-order valence-electron chi connectivity index (χ1n) is 10.9. The van der Waals surface area contributed by atoms with E-state index in [4.69, 9.17) is 14.2 Å². The molecule has 0 spiro atoms. The van der Waals surface area contributed by atoms with Crippen molar-refractivity contribution in [2.45, 2.75) is 19.9 Å². The van der Waals surface area contributed by atoms with Crippen molar-refractivity contribution in [1.29, 1.82) is 0 Å². The molecule has 1 aromatic heterocycles. The molecule has 9 heteroatoms. The molecule has 1 unspecified atom stereocenters. The predicted octanol–water partition coefficient (Wildman–Crippen LogP) is 2.59. The highest BCUT2D eigenvalue weighted by molar-refractivity contribution is 7.07. The van der Waals surface area contributed by atoms with Crippen molar-refractivity contribution in [3.63, 3.8) is 0 Å². The molecule has 1 atom stereocenters. The highest BCUT2D eigenvalue weighted by Crippen LogP contribution is 2.31. The van der Waals surface area contributed by atoms with Crippen molar-refractivity contribution >= 4 is 29.4 Å². The Labute approximate surface area is 205 Å². The Kier molecular flexibility index (Phi) is 6.97. The third-order valence-electron chi connectivity index (χ3n) is 5.58. The number of aromatic nitrogens is 1. The molecular formula is C26H24N2O6S. The maximum atomic E-state index is 13.6. The average molecular weight is 493 g/mol. The number of fused-ring (bicyclic) bond motifs is 1. The summed E-state index contributed by atoms with van der Waals surface area (Å²) in [6.45, 7) is 4.10. The lowest BCUT2D eigenvalue weighted by molar-refractivity contribution is -0.136. The lowest BCUT2D eigenvalue weighted by atomic mass is 9.95. The molecule has 0 fully saturated rings. The van der Waals surface area contributed by atoms with Crippen molar-refractivity contribution in [2.24, 2.45) is 4.99 Å². The molecule has 8 nitrogen and oxygen atoms in total. The van der Waals surface area contributed by atoms with Crippen LogP contribution in [0.25, 0.3) is 6.08 Å². The summed E-state index contributed by atoms with van der Waals surface area (Å²) in [5.41, 5.74) is 2.18. The predicted molar refractivity (Wildman–Crippen MR) is 131 cm³/mol. The molecule has 0 radical (unpaired) electrons. The average Bonchev–Trinajstić information content (AvgIpc) is 3.17. The van der Waals surface area contributed by atoms with Crippen LogP contribution in [0.2, 0.25) is 0 Å². The smallest absolute Gasteiger partial charge is 0.338 e. The normalized spacial score (nSPS) is 15.3. The SMILES string of the molecule is CCOc1ccccc1C=c1sc2n(c1=O)C(c1ccc(C(=O)OC)cc1)C(C(=O)OC)=C(C)N=2. The van der Waals surface area contributed by atoms with Crippen LogP contribution in [0.3, 0.4) is 0 Å². The summed E-state index contributed by atoms with van der Waals surface area (Å²) in [5.74, 6) is -0.389. The summed E-state index contributed by atoms with van der Waals surface area (Å²) in [6.07, 6.45) is 1.77. The minimum absolute atomic E-state index is 0.256. The number of methoxy groups -OCH3 is 2. The number of allylic oxidation sites excluding steroid dienone is 1. The number of ether oxygens (including phenoxy) is 3. The number of para-hydroxylation sites is 1. The van der Waals surface area contributed by atoms with Crippen molar-refractivity contribution in [3.8, 4) is 5.75 Å². The molecule has 0 saturated heterocycles. The second-order valence-corrected chi connectivity index (χ2v) is 8.67. The van der Waals surface area contributed by atoms with E-state index >= 15 is 0 Å². The molecule has 1 aliphatic rings. The quantitative estimate of drug-likeness (QED) is 0.491. The molecule has 1 aliphatic heterocycles. The number of nitrogens with zero attached hydrogens (tertiary/aromatic N) is 2. The number of thiazole rings is 1. The Bertz CT molecular complexity index is 1500. The largest absolute Gasteiger partial charge is 0.493 e. The van der Waals surface area contributed by atoms with E-state index in [0.717, 1.165) is 5.56 Å². The van der Waals surface area contributed by atoms with E-state index in [1.807, 2.05) is 31.2 Å². The Balaban J connectivity index is 1.93. The van der Waals surface area contributed by atoms with Crippen LogP contribution in [-0.2, 0) is 14.3 Å². The summed E-state index contributed by atoms with van der Waals surface area (Å²) in [5, 5.41) is 0. The molecule has 4 rings (SSSR count). The molecule has 180 valence electrons. The summed E-state index contributed by atoms with van der Waals surface area (Å²) in [6, 6.07) is 13.3. The zero-order valence-corrected chi connectivity index (χ0v) is 20.5. The molecule has 3 aromatic rings. The minimum atomic E-state index is -0.769. The van der Waals surface area contributed by atoms with Gasteiger partial charge in [-0.1, -0.05) is 41.7 Å². The number of hydrogen-bond acceptors (Lipinski definition) is 8. The van der Waals surface area contributed by atoms with E-state index in [1.165, 1.54) is 30.1 Å². The molecule has 0 aliphatic carbocycles. The van der Waals surface area contributed by atoms with Gasteiger partial charge in [0.15, 0.2) is 4.80 Å². The van der Waals surface area contributed by atoms with E-state index < -0.39 is 18.0 Å². The molecular weight excluding hydrogens is 468 g/mol. The van der Waals surface area contributed by atoms with E-state index in [9.17, 15) is 14.4 Å². The van der Waals surface area contributed by atoms with Gasteiger partial charge in [0.1, 0.15) is 5.75 Å². The Hall–Kier alpha value is -3.98. The number of carbonyl (C=O) groups is 2. The van der Waals surface area contributed by atoms with E-state index in [2.05, 4.69) is 4.99 Å². The van der Waals surface area contributed by atoms with Crippen molar-refractivity contribution in [2.75, 3.05) is 20.8 Å². The zero-order valence-electron chi connectivity index (χ0n) is 19.7. The lowest BCUT2D eigenvalue weighted by Gasteiger charge is -2.24. The lowest BCUT2D eigenvalue weighted by Crippen LogP contribution is -2.39. The van der Waals surface area contributed by atoms with Crippen LogP contribution >= 0.6 is 11.3 Å². The highest BCUT2D eigenvalue weighted by atomic mass is 32.1. The third kappa shape index (κ3) is 4.54. The molecule has 0 saturated carbocycles. The van der Waals surface area contributed by atoms with E-state index in [-0.39, 0.29) is 11.1 Å². The van der Waals surface area contributed by atoms with Gasteiger partial charge in [-0.2, -0.15) is 0 Å². The molecule has 0 bridgehead atoms. The standard InChI is InChI=1S/C26H24N2O6S/c1-5-34-19-9-7-6-8-18(19)14-20-23(29)28-22(16-10-12-17(13-11-16)24(30)32-3)21(25(31)33-4)15(2)27-26(28)35-20/h6-14,22H,5H2,1-4H3. The summed E-state index contributed by atoms with van der Waals surface area (Å²) < 4.78 is 17.4. The number of carbonyl (C=O) groups excluding carboxylic acids is 2. The van der Waals surface area contributed by atoms with Gasteiger partial charge in [0.2, 0.25) is 0 Å². The maximum Gasteiger partial charge on any atom is 0.338 e. The van der Waals surface area contributed by atoms with Crippen LogP contribution < -0.4 is 19.6 Å². The summed E-state index contributed by atoms with van der Waals surface area (Å²) in [4.78, 5) is 43.3. The Morgan fingerprint density at radius 1 is 1.06 bits per heavy atom. The molecule has 0 N–H and O–H groups in total. The minimum Gasteiger partial charge on any atom is -0.493 e. The first kappa shape index (κ1) is 24.2. The van der Waals surface area contributed by atoms with Crippen LogP contribution in [0.15, 0.2) is 69.6 Å². The van der Waals surface area contributed by atoms with Gasteiger partial charge in [-0.05, 0) is 43.7 Å². The van der Waals surface area contributed by atoms with Crippen molar-refractivity contribution in [3.05, 3.63) is 96.2 Å². The molecule has 0 amide bonds. The second-order valence-electron chi connectivity index (χ2n) is 7.66. The van der Waals surface area contributed by atoms with E-state index in [1.54, 1.807) is 37.3 Å². The van der Waals surface area contributed by atoms with Gasteiger partial charge in [-0.15, -0.1) is 0 Å². The van der Waals surface area contributed by atoms with Gasteiger partial charge in [-0.3, -0.25) is 9.36 Å². The second kappa shape index (κ2) is 10.1. The molecule has 35 heavy (non-hydrogen) atoms. The van der Waals surface area contributed by atoms with Crippen molar-refractivity contribution < 1.29 is 23.8 Å². The van der Waals surface area contributed by atoms with Crippen LogP contribution in [0, 0.1) is 0 Å². The topological polar surface area (TPSA) is 96.2 Å². The first-order valence-corrected chi connectivity index (χ1v) is 11.7. The fraction of sp³-hybridized carbons (Fsp3) is 0.231. The van der Waals surface area contributed by atoms with Crippen LogP contribution in [0.5, 0.6) is 5.75 Å². The Morgan fingerprint density at radius 2 is 1.74 bits per heavy atom. The van der Waals surface area contributed by atoms with Crippen LogP contribution in [-0.4, -0.2) is 37.3 Å². The van der Waals surface area contributed by atoms with Crippen LogP contribution in [0.1, 0.15) is 41.4 Å². The number of benzene rings is 2. The van der Waals surface area contributed by atoms with Gasteiger partial charge in [0, 0.05) is 5.56 Å². The zero-order chi connectivity index (χ0) is 25.1. The number of rotatable bonds is 6. The van der Waals surface area contributed by atoms with Gasteiger partial charge in [0.25, 0.3) is 5.56 Å². The number of esters is 2. The maximum absolute atomic E-state index is 13.6. The first-order chi connectivity index (χ1) is 16.9. The monoisotopic (exact) mass is 492 g/mol. The molecule has 2 aromatic carbocycles. The van der Waals surface area contributed by atoms with Crippen molar-refractivity contribution in [1.82, 2.24) is 4.57 Å². The summed E-state index contributed by atoms with van der Waals surface area (Å²) in [7, 11) is 2.59. The fourth-order valence-electron chi connectivity index (χ4n) is 3.96. The highest BCUT2D eigenvalue weighted by Gasteiger charge is 2.33. The third-order valence-corrected chi connectivity index (χ3v) is 6.56. The van der Waals surface area contributed by atoms with Gasteiger partial charge in [0.05, 0.1) is 48.2 Å². The van der Waals surface area contributed by atoms with Gasteiger partial charge >= 0.3 is 11.9 Å². The van der Waals surface area contributed by atoms with Gasteiger partial charge in [-0.25, -0.2) is 14.6 Å². The summed E-state index contributed by atoms with van der Waals surface area (Å²) >= 11 is 1.23. The molecule has 2 heterocycles. The van der Waals surface area contributed by atoms with E-state index in [0.29, 0.717) is 38.5 Å². The van der Waals surface area contributed by atoms with Gasteiger partial charge < -0.3 is 14.2 Å².